The molecule has 6 aromatic rings. The second-order valence-electron chi connectivity index (χ2n) is 20.4. The van der Waals surface area contributed by atoms with Gasteiger partial charge in [0.2, 0.25) is 12.0 Å². The average molecular weight is 1100 g/mol. The minimum atomic E-state index is -1.42. The van der Waals surface area contributed by atoms with Crippen molar-refractivity contribution in [2.45, 2.75) is 95.5 Å². The molecule has 0 amide bonds. The van der Waals surface area contributed by atoms with E-state index in [9.17, 15) is 14.3 Å². The van der Waals surface area contributed by atoms with E-state index < -0.39 is 12.1 Å². The van der Waals surface area contributed by atoms with Gasteiger partial charge in [-0.25, -0.2) is 29.1 Å². The summed E-state index contributed by atoms with van der Waals surface area (Å²) in [5.74, 6) is 0.0930. The quantitative estimate of drug-likeness (QED) is 0.0967. The zero-order valence-corrected chi connectivity index (χ0v) is 45.6. The highest BCUT2D eigenvalue weighted by Gasteiger charge is 2.38. The van der Waals surface area contributed by atoms with Gasteiger partial charge in [-0.3, -0.25) is 4.90 Å². The minimum Gasteiger partial charge on any atom is -0.487 e. The summed E-state index contributed by atoms with van der Waals surface area (Å²) < 4.78 is 58.1. The number of aliphatic carboxylic acids is 1. The molecule has 0 spiro atoms. The van der Waals surface area contributed by atoms with Crippen LogP contribution in [0.4, 0.5) is 4.39 Å². The second kappa shape index (κ2) is 24.7. The maximum Gasteiger partial charge on any atom is 0.345 e. The highest BCUT2D eigenvalue weighted by atomic mass is 35.5. The van der Waals surface area contributed by atoms with Crippen molar-refractivity contribution in [3.05, 3.63) is 111 Å². The molecule has 404 valence electrons. The van der Waals surface area contributed by atoms with Gasteiger partial charge in [-0.05, 0) is 104 Å². The van der Waals surface area contributed by atoms with Crippen LogP contribution in [0.1, 0.15) is 72.3 Å². The van der Waals surface area contributed by atoms with Gasteiger partial charge in [-0.2, -0.15) is 0 Å². The van der Waals surface area contributed by atoms with Crippen LogP contribution in [0.5, 0.6) is 17.4 Å². The van der Waals surface area contributed by atoms with Crippen LogP contribution in [-0.2, 0) is 48.6 Å². The van der Waals surface area contributed by atoms with Gasteiger partial charge < -0.3 is 43.2 Å². The Kier molecular flexibility index (Phi) is 17.7. The SMILES string of the molecule is Cc1c(Cl)c2c(Cl)c(C)c1-c1c(-c3ccc(F)cc3)sc3ncnc(c13)O[C@@H](C(=O)O)Cc1cc(ccc1OCc1ccnc(C3(COCCOC[C@H]4COCCO4)CCCCC3)n1)CC[C@@H](CN1CCN(C)CC1)O2. The van der Waals surface area contributed by atoms with Crippen molar-refractivity contribution in [1.29, 1.82) is 0 Å². The molecule has 0 unspecified atom stereocenters. The third-order valence-electron chi connectivity index (χ3n) is 15.1. The molecule has 3 atom stereocenters. The number of piperazine rings is 1. The molecule has 76 heavy (non-hydrogen) atoms. The molecule has 11 rings (SSSR count). The Morgan fingerprint density at radius 2 is 1.68 bits per heavy atom. The van der Waals surface area contributed by atoms with Crippen LogP contribution in [-0.4, -0.2) is 145 Å². The van der Waals surface area contributed by atoms with Crippen molar-refractivity contribution in [3.8, 4) is 38.9 Å². The predicted molar refractivity (Wildman–Crippen MR) is 290 cm³/mol. The molecular weight excluding hydrogens is 1030 g/mol. The number of rotatable bonds is 15. The molecule has 3 aromatic carbocycles. The van der Waals surface area contributed by atoms with E-state index in [0.717, 1.165) is 74.5 Å². The van der Waals surface area contributed by atoms with E-state index in [1.807, 2.05) is 38.1 Å². The zero-order chi connectivity index (χ0) is 52.8. The fraction of sp³-hybridized carbons (Fsp3) is 0.491. The van der Waals surface area contributed by atoms with E-state index in [4.69, 9.17) is 66.3 Å². The van der Waals surface area contributed by atoms with Gasteiger partial charge in [-0.15, -0.1) is 11.3 Å². The number of likely N-dealkylation sites (N-methyl/N-ethyl adjacent to an activating group) is 1. The third-order valence-corrected chi connectivity index (χ3v) is 17.1. The van der Waals surface area contributed by atoms with Crippen molar-refractivity contribution in [3.63, 3.8) is 0 Å². The molecule has 3 aromatic heterocycles. The second-order valence-corrected chi connectivity index (χ2v) is 22.2. The number of benzene rings is 3. The van der Waals surface area contributed by atoms with Crippen LogP contribution in [0.15, 0.2) is 61.1 Å². The number of halogens is 3. The topological polar surface area (TPSA) is 160 Å². The number of hydrogen-bond donors (Lipinski definition) is 1. The van der Waals surface area contributed by atoms with Gasteiger partial charge in [0.05, 0.1) is 72.8 Å². The van der Waals surface area contributed by atoms with E-state index in [-0.39, 0.29) is 42.3 Å². The van der Waals surface area contributed by atoms with Crippen LogP contribution in [0.3, 0.4) is 0 Å². The number of carbonyl (C=O) groups is 1. The van der Waals surface area contributed by atoms with Gasteiger partial charge in [0.25, 0.3) is 0 Å². The lowest BCUT2D eigenvalue weighted by Gasteiger charge is -2.35. The molecule has 15 nitrogen and oxygen atoms in total. The predicted octanol–water partition coefficient (Wildman–Crippen LogP) is 10.1. The van der Waals surface area contributed by atoms with Gasteiger partial charge in [0.1, 0.15) is 47.4 Å². The molecule has 7 heterocycles. The van der Waals surface area contributed by atoms with Crippen LogP contribution in [0.25, 0.3) is 31.8 Å². The number of nitrogens with zero attached hydrogens (tertiary/aromatic N) is 6. The lowest BCUT2D eigenvalue weighted by molar-refractivity contribution is -0.145. The number of hydrogen-bond acceptors (Lipinski definition) is 15. The van der Waals surface area contributed by atoms with Crippen molar-refractivity contribution in [1.82, 2.24) is 29.7 Å². The number of aryl methyl sites for hydroxylation is 1. The van der Waals surface area contributed by atoms with Crippen molar-refractivity contribution in [2.75, 3.05) is 86.0 Å². The maximum absolute atomic E-state index is 14.5. The number of thiophene rings is 1. The largest absolute Gasteiger partial charge is 0.487 e. The first-order chi connectivity index (χ1) is 36.9. The number of carboxylic acid groups (broad SMARTS) is 1. The van der Waals surface area contributed by atoms with Crippen molar-refractivity contribution >= 4 is 50.7 Å². The van der Waals surface area contributed by atoms with E-state index in [0.29, 0.717) is 136 Å². The number of carboxylic acids is 1. The minimum absolute atomic E-state index is 0.0596. The zero-order valence-electron chi connectivity index (χ0n) is 43.3. The normalized spacial score (nSPS) is 20.5. The summed E-state index contributed by atoms with van der Waals surface area (Å²) in [6.45, 7) is 11.8. The Morgan fingerprint density at radius 1 is 0.908 bits per heavy atom. The van der Waals surface area contributed by atoms with E-state index in [2.05, 4.69) is 26.8 Å². The van der Waals surface area contributed by atoms with Gasteiger partial charge in [0.15, 0.2) is 5.75 Å². The summed E-state index contributed by atoms with van der Waals surface area (Å²) in [4.78, 5) is 38.7. The number of ether oxygens (including phenoxy) is 7. The van der Waals surface area contributed by atoms with Gasteiger partial charge >= 0.3 is 5.97 Å². The van der Waals surface area contributed by atoms with E-state index in [1.54, 1.807) is 18.3 Å². The first kappa shape index (κ1) is 54.3. The fourth-order valence-electron chi connectivity index (χ4n) is 10.8. The van der Waals surface area contributed by atoms with Crippen LogP contribution < -0.4 is 14.2 Å². The third kappa shape index (κ3) is 12.4. The summed E-state index contributed by atoms with van der Waals surface area (Å²) in [7, 11) is 2.13. The van der Waals surface area contributed by atoms with E-state index in [1.165, 1.54) is 29.8 Å². The molecule has 3 fully saturated rings. The molecule has 1 aliphatic carbocycles. The summed E-state index contributed by atoms with van der Waals surface area (Å²) in [5, 5.41) is 12.2. The molecule has 0 radical (unpaired) electrons. The fourth-order valence-corrected chi connectivity index (χ4v) is 12.5. The molecule has 1 saturated carbocycles. The van der Waals surface area contributed by atoms with Gasteiger partial charge in [0, 0.05) is 55.8 Å². The maximum atomic E-state index is 14.5. The Hall–Kier alpha value is -5.08. The Labute approximate surface area is 456 Å². The summed E-state index contributed by atoms with van der Waals surface area (Å²) in [6.07, 6.45) is 7.51. The molecule has 2 saturated heterocycles. The standard InChI is InChI=1S/C57H65Cl2FN6O9S/c1-35-46-36(2)50(59)51(49(35)58)74-42(29-66-21-19-65(3)20-22-66)13-7-37-8-14-44(39(27-37)28-45(55(67)68)75-53-48-47(46)52(76-54(48)63-34-62-53)38-9-11-40(60)12-10-38)73-30-41-15-18-61-56(64-41)57(16-5-4-6-17-57)33-71-24-23-69-31-43-32-70-25-26-72-43/h8-12,14-15,18,27,34,42-43,45H,4-7,13,16-17,19-26,28-33H2,1-3H3,(H,67,68)/t42-,43-,45+/m0/s1. The van der Waals surface area contributed by atoms with Gasteiger partial charge in [-0.1, -0.05) is 66.7 Å². The molecule has 4 bridgehead atoms. The van der Waals surface area contributed by atoms with Crippen LogP contribution in [0.2, 0.25) is 10.0 Å². The first-order valence-corrected chi connectivity index (χ1v) is 27.9. The average Bonchev–Trinajstić information content (AvgIpc) is 3.83. The summed E-state index contributed by atoms with van der Waals surface area (Å²) >= 11 is 16.2. The number of aromatic nitrogens is 4. The Morgan fingerprint density at radius 3 is 2.43 bits per heavy atom. The Bertz CT molecular complexity index is 2960. The van der Waals surface area contributed by atoms with Crippen LogP contribution in [0, 0.1) is 19.7 Å². The highest BCUT2D eigenvalue weighted by molar-refractivity contribution is 7.22. The van der Waals surface area contributed by atoms with Crippen LogP contribution >= 0.6 is 34.5 Å². The lowest BCUT2D eigenvalue weighted by Crippen LogP contribution is -2.48. The first-order valence-electron chi connectivity index (χ1n) is 26.3. The van der Waals surface area contributed by atoms with Crippen molar-refractivity contribution in [2.24, 2.45) is 0 Å². The summed E-state index contributed by atoms with van der Waals surface area (Å²) in [6, 6.07) is 14.0. The highest BCUT2D eigenvalue weighted by Crippen LogP contribution is 2.53. The van der Waals surface area contributed by atoms with E-state index >= 15 is 0 Å². The smallest absolute Gasteiger partial charge is 0.345 e. The molecule has 19 heteroatoms. The summed E-state index contributed by atoms with van der Waals surface area (Å²) in [5.41, 5.74) is 5.34. The molecule has 5 aliphatic rings. The lowest BCUT2D eigenvalue weighted by atomic mass is 9.74. The Balaban J connectivity index is 0.980. The molecule has 1 N–H and O–H groups in total. The molecular formula is C57H65Cl2FN6O9S. The number of fused-ring (bicyclic) bond motifs is 7. The van der Waals surface area contributed by atoms with Crippen molar-refractivity contribution < 1.29 is 47.4 Å². The monoisotopic (exact) mass is 1100 g/mol. The molecule has 4 aliphatic heterocycles.